The molecule has 1 rings (SSSR count). The van der Waals surface area contributed by atoms with E-state index in [9.17, 15) is 27.9 Å². The van der Waals surface area contributed by atoms with Crippen molar-refractivity contribution in [3.8, 4) is 5.75 Å². The van der Waals surface area contributed by atoms with E-state index in [1.165, 1.54) is 12.1 Å². The molecule has 0 saturated carbocycles. The number of aliphatic hydroxyl groups is 1. The summed E-state index contributed by atoms with van der Waals surface area (Å²) in [6.45, 7) is 2.10. The van der Waals surface area contributed by atoms with E-state index >= 15 is 0 Å². The predicted octanol–water partition coefficient (Wildman–Crippen LogP) is 1.83. The SMILES string of the molecule is C=CC(=O)OCC(O)COC(=O)c1ccccc1OC(F)(F)F. The molecule has 1 aromatic carbocycles. The maximum atomic E-state index is 12.2. The van der Waals surface area contributed by atoms with Crippen molar-refractivity contribution in [2.45, 2.75) is 12.5 Å². The number of hydrogen-bond acceptors (Lipinski definition) is 6. The molecular weight excluding hydrogens is 321 g/mol. The van der Waals surface area contributed by atoms with Crippen LogP contribution in [-0.4, -0.2) is 42.7 Å². The van der Waals surface area contributed by atoms with Crippen LogP contribution >= 0.6 is 0 Å². The summed E-state index contributed by atoms with van der Waals surface area (Å²) in [5.41, 5.74) is -0.458. The number of ether oxygens (including phenoxy) is 3. The number of hydrogen-bond donors (Lipinski definition) is 1. The summed E-state index contributed by atoms with van der Waals surface area (Å²) in [6.07, 6.45) is -5.42. The van der Waals surface area contributed by atoms with Gasteiger partial charge in [-0.15, -0.1) is 13.2 Å². The van der Waals surface area contributed by atoms with Crippen molar-refractivity contribution in [3.63, 3.8) is 0 Å². The molecule has 0 heterocycles. The van der Waals surface area contributed by atoms with Gasteiger partial charge in [0, 0.05) is 6.08 Å². The van der Waals surface area contributed by atoms with Crippen molar-refractivity contribution in [2.75, 3.05) is 13.2 Å². The molecule has 1 atom stereocenters. The van der Waals surface area contributed by atoms with Crippen molar-refractivity contribution in [1.82, 2.24) is 0 Å². The maximum Gasteiger partial charge on any atom is 0.573 e. The Hall–Kier alpha value is -2.55. The lowest BCUT2D eigenvalue weighted by Crippen LogP contribution is -2.25. The van der Waals surface area contributed by atoms with Gasteiger partial charge in [0.15, 0.2) is 0 Å². The second-order valence-corrected chi connectivity index (χ2v) is 4.13. The number of benzene rings is 1. The first-order valence-electron chi connectivity index (χ1n) is 6.22. The highest BCUT2D eigenvalue weighted by atomic mass is 19.4. The van der Waals surface area contributed by atoms with Gasteiger partial charge in [0.2, 0.25) is 0 Å². The molecule has 0 fully saturated rings. The largest absolute Gasteiger partial charge is 0.573 e. The summed E-state index contributed by atoms with van der Waals surface area (Å²) in [5, 5.41) is 9.45. The van der Waals surface area contributed by atoms with Gasteiger partial charge in [-0.1, -0.05) is 18.7 Å². The minimum atomic E-state index is -4.96. The molecule has 1 aromatic rings. The Morgan fingerprint density at radius 1 is 1.22 bits per heavy atom. The third kappa shape index (κ3) is 6.83. The van der Waals surface area contributed by atoms with Crippen LogP contribution in [0.15, 0.2) is 36.9 Å². The fourth-order valence-corrected chi connectivity index (χ4v) is 1.38. The molecule has 126 valence electrons. The molecule has 0 spiro atoms. The molecule has 6 nitrogen and oxygen atoms in total. The van der Waals surface area contributed by atoms with Gasteiger partial charge in [-0.05, 0) is 12.1 Å². The van der Waals surface area contributed by atoms with E-state index in [1.807, 2.05) is 0 Å². The van der Waals surface area contributed by atoms with Crippen molar-refractivity contribution in [2.24, 2.45) is 0 Å². The van der Waals surface area contributed by atoms with Crippen LogP contribution in [-0.2, 0) is 14.3 Å². The highest BCUT2D eigenvalue weighted by molar-refractivity contribution is 5.92. The maximum absolute atomic E-state index is 12.2. The molecule has 23 heavy (non-hydrogen) atoms. The first-order chi connectivity index (χ1) is 10.7. The normalized spacial score (nSPS) is 12.2. The minimum absolute atomic E-state index is 0.458. The van der Waals surface area contributed by atoms with E-state index in [0.717, 1.165) is 18.2 Å². The second-order valence-electron chi connectivity index (χ2n) is 4.13. The van der Waals surface area contributed by atoms with Crippen LogP contribution in [0.3, 0.4) is 0 Å². The van der Waals surface area contributed by atoms with Gasteiger partial charge in [-0.2, -0.15) is 0 Å². The Labute approximate surface area is 129 Å². The number of alkyl halides is 3. The number of halogens is 3. The van der Waals surface area contributed by atoms with E-state index in [-0.39, 0.29) is 0 Å². The molecular formula is C14H13F3O6. The zero-order chi connectivity index (χ0) is 17.5. The van der Waals surface area contributed by atoms with Gasteiger partial charge in [-0.3, -0.25) is 0 Å². The number of para-hydroxylation sites is 1. The average molecular weight is 334 g/mol. The van der Waals surface area contributed by atoms with Crippen LogP contribution in [0.2, 0.25) is 0 Å². The monoisotopic (exact) mass is 334 g/mol. The topological polar surface area (TPSA) is 82.1 Å². The van der Waals surface area contributed by atoms with Crippen LogP contribution in [0.5, 0.6) is 5.75 Å². The molecule has 1 N–H and O–H groups in total. The third-order valence-corrected chi connectivity index (χ3v) is 2.32. The van der Waals surface area contributed by atoms with E-state index in [4.69, 9.17) is 0 Å². The van der Waals surface area contributed by atoms with Crippen LogP contribution in [0.1, 0.15) is 10.4 Å². The van der Waals surface area contributed by atoms with Crippen molar-refractivity contribution in [3.05, 3.63) is 42.5 Å². The molecule has 0 aliphatic heterocycles. The quantitative estimate of drug-likeness (QED) is 0.605. The van der Waals surface area contributed by atoms with Gasteiger partial charge in [0.1, 0.15) is 30.6 Å². The standard InChI is InChI=1S/C14H13F3O6/c1-2-12(19)21-7-9(18)8-22-13(20)10-5-3-4-6-11(10)23-14(15,16)17/h2-6,9,18H,1,7-8H2. The van der Waals surface area contributed by atoms with Crippen LogP contribution < -0.4 is 4.74 Å². The Kier molecular flexibility index (Phi) is 6.58. The number of carbonyl (C=O) groups excluding carboxylic acids is 2. The fourth-order valence-electron chi connectivity index (χ4n) is 1.38. The summed E-state index contributed by atoms with van der Waals surface area (Å²) < 4.78 is 49.6. The van der Waals surface area contributed by atoms with Gasteiger partial charge in [0.25, 0.3) is 0 Å². The minimum Gasteiger partial charge on any atom is -0.460 e. The Balaban J connectivity index is 2.61. The first kappa shape index (κ1) is 18.5. The van der Waals surface area contributed by atoms with E-state index < -0.39 is 48.9 Å². The molecule has 0 aliphatic rings. The highest BCUT2D eigenvalue weighted by Crippen LogP contribution is 2.26. The van der Waals surface area contributed by atoms with Crippen molar-refractivity contribution in [1.29, 1.82) is 0 Å². The van der Waals surface area contributed by atoms with E-state index in [0.29, 0.717) is 0 Å². The summed E-state index contributed by atoms with van der Waals surface area (Å²) in [6, 6.07) is 4.60. The lowest BCUT2D eigenvalue weighted by molar-refractivity contribution is -0.274. The van der Waals surface area contributed by atoms with Crippen LogP contribution in [0.25, 0.3) is 0 Å². The summed E-state index contributed by atoms with van der Waals surface area (Å²) >= 11 is 0. The molecule has 0 aromatic heterocycles. The van der Waals surface area contributed by atoms with Crippen LogP contribution in [0, 0.1) is 0 Å². The predicted molar refractivity (Wildman–Crippen MR) is 70.6 cm³/mol. The first-order valence-corrected chi connectivity index (χ1v) is 6.22. The Morgan fingerprint density at radius 2 is 1.83 bits per heavy atom. The zero-order valence-corrected chi connectivity index (χ0v) is 11.7. The smallest absolute Gasteiger partial charge is 0.460 e. The fraction of sp³-hybridized carbons (Fsp3) is 0.286. The van der Waals surface area contributed by atoms with Gasteiger partial charge in [-0.25, -0.2) is 9.59 Å². The van der Waals surface area contributed by atoms with Crippen molar-refractivity contribution < 1.29 is 42.1 Å². The van der Waals surface area contributed by atoms with Gasteiger partial charge >= 0.3 is 18.3 Å². The van der Waals surface area contributed by atoms with E-state index in [1.54, 1.807) is 0 Å². The van der Waals surface area contributed by atoms with E-state index in [2.05, 4.69) is 20.8 Å². The summed E-state index contributed by atoms with van der Waals surface area (Å²) in [7, 11) is 0. The molecule has 0 saturated heterocycles. The molecule has 9 heteroatoms. The van der Waals surface area contributed by atoms with Gasteiger partial charge in [0.05, 0.1) is 0 Å². The molecule has 0 bridgehead atoms. The summed E-state index contributed by atoms with van der Waals surface area (Å²) in [4.78, 5) is 22.5. The molecule has 0 aliphatic carbocycles. The molecule has 1 unspecified atom stereocenters. The number of rotatable bonds is 7. The van der Waals surface area contributed by atoms with Gasteiger partial charge < -0.3 is 19.3 Å². The molecule has 0 amide bonds. The lowest BCUT2D eigenvalue weighted by Gasteiger charge is -2.14. The Bertz CT molecular complexity index is 570. The molecule has 0 radical (unpaired) electrons. The zero-order valence-electron chi connectivity index (χ0n) is 11.7. The summed E-state index contributed by atoms with van der Waals surface area (Å²) in [5.74, 6) is -2.63. The Morgan fingerprint density at radius 3 is 2.43 bits per heavy atom. The lowest BCUT2D eigenvalue weighted by atomic mass is 10.2. The number of carbonyl (C=O) groups is 2. The second kappa shape index (κ2) is 8.18. The highest BCUT2D eigenvalue weighted by Gasteiger charge is 2.33. The number of aliphatic hydroxyl groups excluding tert-OH is 1. The average Bonchev–Trinajstić information content (AvgIpc) is 2.49. The van der Waals surface area contributed by atoms with Crippen molar-refractivity contribution >= 4 is 11.9 Å². The number of esters is 2. The third-order valence-electron chi connectivity index (χ3n) is 2.32. The van der Waals surface area contributed by atoms with Crippen LogP contribution in [0.4, 0.5) is 13.2 Å².